The Bertz CT molecular complexity index is 333. The minimum Gasteiger partial charge on any atom is -0.465 e. The van der Waals surface area contributed by atoms with Crippen LogP contribution in [0.3, 0.4) is 0 Å². The smallest absolute Gasteiger partial charge is 0.334 e. The third-order valence-corrected chi connectivity index (χ3v) is 1.81. The van der Waals surface area contributed by atoms with Gasteiger partial charge in [0, 0.05) is 5.57 Å². The van der Waals surface area contributed by atoms with Gasteiger partial charge in [-0.2, -0.15) is 0 Å². The zero-order valence-corrected chi connectivity index (χ0v) is 8.66. The van der Waals surface area contributed by atoms with Crippen molar-refractivity contribution in [3.8, 4) is 0 Å². The third-order valence-electron chi connectivity index (χ3n) is 1.81. The standard InChI is InChI=1S/C11H14O3/c1-8(2)10(12)14-11(3,4)9-6-5-7-13-9/h5-7H,1H2,2-4H3. The first-order chi connectivity index (χ1) is 6.43. The summed E-state index contributed by atoms with van der Waals surface area (Å²) < 4.78 is 10.4. The van der Waals surface area contributed by atoms with Gasteiger partial charge in [-0.05, 0) is 32.9 Å². The lowest BCUT2D eigenvalue weighted by Crippen LogP contribution is -2.25. The van der Waals surface area contributed by atoms with Crippen LogP contribution in [0.4, 0.5) is 0 Å². The topological polar surface area (TPSA) is 39.4 Å². The van der Waals surface area contributed by atoms with E-state index in [1.807, 2.05) is 0 Å². The largest absolute Gasteiger partial charge is 0.465 e. The summed E-state index contributed by atoms with van der Waals surface area (Å²) in [6.07, 6.45) is 1.55. The van der Waals surface area contributed by atoms with Gasteiger partial charge in [-0.15, -0.1) is 0 Å². The molecule has 0 amide bonds. The molecule has 0 radical (unpaired) electrons. The van der Waals surface area contributed by atoms with Crippen molar-refractivity contribution in [1.29, 1.82) is 0 Å². The minimum atomic E-state index is -0.750. The molecule has 3 nitrogen and oxygen atoms in total. The van der Waals surface area contributed by atoms with Crippen molar-refractivity contribution in [3.05, 3.63) is 36.3 Å². The quantitative estimate of drug-likeness (QED) is 0.548. The summed E-state index contributed by atoms with van der Waals surface area (Å²) in [6, 6.07) is 3.53. The van der Waals surface area contributed by atoms with Crippen molar-refractivity contribution in [1.82, 2.24) is 0 Å². The fourth-order valence-electron chi connectivity index (χ4n) is 0.990. The molecule has 0 aromatic carbocycles. The highest BCUT2D eigenvalue weighted by Gasteiger charge is 2.28. The molecule has 0 unspecified atom stereocenters. The summed E-state index contributed by atoms with van der Waals surface area (Å²) in [7, 11) is 0. The van der Waals surface area contributed by atoms with E-state index >= 15 is 0 Å². The fourth-order valence-corrected chi connectivity index (χ4v) is 0.990. The molecule has 0 aliphatic rings. The Morgan fingerprint density at radius 2 is 2.21 bits per heavy atom. The van der Waals surface area contributed by atoms with E-state index in [4.69, 9.17) is 9.15 Å². The number of hydrogen-bond donors (Lipinski definition) is 0. The average Bonchev–Trinajstić information content (AvgIpc) is 2.54. The number of furan rings is 1. The van der Waals surface area contributed by atoms with E-state index in [9.17, 15) is 4.79 Å². The van der Waals surface area contributed by atoms with E-state index in [2.05, 4.69) is 6.58 Å². The molecule has 0 saturated heterocycles. The monoisotopic (exact) mass is 194 g/mol. The van der Waals surface area contributed by atoms with Crippen molar-refractivity contribution in [3.63, 3.8) is 0 Å². The summed E-state index contributed by atoms with van der Waals surface area (Å²) in [5.41, 5.74) is -0.371. The maximum atomic E-state index is 11.3. The van der Waals surface area contributed by atoms with E-state index < -0.39 is 11.6 Å². The second-order valence-electron chi connectivity index (χ2n) is 3.66. The summed E-state index contributed by atoms with van der Waals surface area (Å²) in [6.45, 7) is 8.67. The normalized spacial score (nSPS) is 11.1. The van der Waals surface area contributed by atoms with Gasteiger partial charge in [-0.3, -0.25) is 0 Å². The van der Waals surface area contributed by atoms with Crippen molar-refractivity contribution in [2.45, 2.75) is 26.4 Å². The maximum Gasteiger partial charge on any atom is 0.334 e. The molecule has 0 aliphatic carbocycles. The fraction of sp³-hybridized carbons (Fsp3) is 0.364. The van der Waals surface area contributed by atoms with Gasteiger partial charge in [0.2, 0.25) is 0 Å². The highest BCUT2D eigenvalue weighted by molar-refractivity contribution is 5.87. The van der Waals surface area contributed by atoms with Crippen molar-refractivity contribution in [2.75, 3.05) is 0 Å². The van der Waals surface area contributed by atoms with Crippen LogP contribution >= 0.6 is 0 Å². The van der Waals surface area contributed by atoms with Gasteiger partial charge in [0.05, 0.1) is 6.26 Å². The van der Waals surface area contributed by atoms with E-state index in [1.54, 1.807) is 39.2 Å². The Hall–Kier alpha value is -1.51. The van der Waals surface area contributed by atoms with Gasteiger partial charge < -0.3 is 9.15 Å². The molecule has 0 atom stereocenters. The Morgan fingerprint density at radius 3 is 2.64 bits per heavy atom. The van der Waals surface area contributed by atoms with Crippen molar-refractivity contribution in [2.24, 2.45) is 0 Å². The summed E-state index contributed by atoms with van der Waals surface area (Å²) in [5, 5.41) is 0. The first-order valence-corrected chi connectivity index (χ1v) is 4.36. The molecule has 1 aromatic rings. The lowest BCUT2D eigenvalue weighted by atomic mass is 10.1. The van der Waals surface area contributed by atoms with Crippen LogP contribution in [-0.4, -0.2) is 5.97 Å². The molecule has 0 bridgehead atoms. The number of carbonyl (C=O) groups excluding carboxylic acids is 1. The number of ether oxygens (including phenoxy) is 1. The zero-order valence-electron chi connectivity index (χ0n) is 8.66. The molecular weight excluding hydrogens is 180 g/mol. The average molecular weight is 194 g/mol. The highest BCUT2D eigenvalue weighted by atomic mass is 16.6. The summed E-state index contributed by atoms with van der Waals surface area (Å²) >= 11 is 0. The molecule has 1 rings (SSSR count). The predicted molar refractivity (Wildman–Crippen MR) is 52.6 cm³/mol. The molecule has 0 spiro atoms. The summed E-state index contributed by atoms with van der Waals surface area (Å²) in [4.78, 5) is 11.3. The van der Waals surface area contributed by atoms with E-state index in [1.165, 1.54) is 0 Å². The lowest BCUT2D eigenvalue weighted by Gasteiger charge is -2.22. The van der Waals surface area contributed by atoms with Crippen molar-refractivity contribution >= 4 is 5.97 Å². The second-order valence-corrected chi connectivity index (χ2v) is 3.66. The predicted octanol–water partition coefficient (Wildman–Crippen LogP) is 2.63. The van der Waals surface area contributed by atoms with Crippen LogP contribution in [-0.2, 0) is 15.1 Å². The number of rotatable bonds is 3. The van der Waals surface area contributed by atoms with E-state index in [-0.39, 0.29) is 0 Å². The van der Waals surface area contributed by atoms with E-state index in [0.717, 1.165) is 0 Å². The van der Waals surface area contributed by atoms with Gasteiger partial charge in [-0.25, -0.2) is 4.79 Å². The van der Waals surface area contributed by atoms with Crippen LogP contribution in [0.5, 0.6) is 0 Å². The summed E-state index contributed by atoms with van der Waals surface area (Å²) in [5.74, 6) is 0.207. The molecule has 0 fully saturated rings. The Balaban J connectivity index is 2.77. The van der Waals surface area contributed by atoms with Crippen LogP contribution in [0.15, 0.2) is 35.0 Å². The van der Waals surface area contributed by atoms with E-state index in [0.29, 0.717) is 11.3 Å². The van der Waals surface area contributed by atoms with Gasteiger partial charge in [0.1, 0.15) is 5.76 Å². The third kappa shape index (κ3) is 2.25. The first kappa shape index (κ1) is 10.6. The molecule has 0 N–H and O–H groups in total. The highest BCUT2D eigenvalue weighted by Crippen LogP contribution is 2.25. The lowest BCUT2D eigenvalue weighted by molar-refractivity contribution is -0.154. The molecular formula is C11H14O3. The molecule has 1 heterocycles. The SMILES string of the molecule is C=C(C)C(=O)OC(C)(C)c1ccco1. The van der Waals surface area contributed by atoms with Gasteiger partial charge in [0.25, 0.3) is 0 Å². The van der Waals surface area contributed by atoms with Crippen LogP contribution in [0.25, 0.3) is 0 Å². The number of carbonyl (C=O) groups is 1. The van der Waals surface area contributed by atoms with Crippen LogP contribution < -0.4 is 0 Å². The maximum absolute atomic E-state index is 11.3. The Labute approximate surface area is 83.4 Å². The van der Waals surface area contributed by atoms with Crippen LogP contribution in [0, 0.1) is 0 Å². The number of esters is 1. The van der Waals surface area contributed by atoms with Gasteiger partial charge in [-0.1, -0.05) is 6.58 Å². The zero-order chi connectivity index (χ0) is 10.8. The van der Waals surface area contributed by atoms with Crippen LogP contribution in [0.1, 0.15) is 26.5 Å². The molecule has 14 heavy (non-hydrogen) atoms. The van der Waals surface area contributed by atoms with Gasteiger partial charge in [0.15, 0.2) is 5.60 Å². The molecule has 76 valence electrons. The first-order valence-electron chi connectivity index (χ1n) is 4.36. The Morgan fingerprint density at radius 1 is 1.57 bits per heavy atom. The number of hydrogen-bond acceptors (Lipinski definition) is 3. The molecule has 0 aliphatic heterocycles. The van der Waals surface area contributed by atoms with Crippen LogP contribution in [0.2, 0.25) is 0 Å². The molecule has 0 saturated carbocycles. The molecule has 3 heteroatoms. The molecule has 1 aromatic heterocycles. The minimum absolute atomic E-state index is 0.379. The second kappa shape index (κ2) is 3.70. The Kier molecular flexibility index (Phi) is 2.79. The van der Waals surface area contributed by atoms with Gasteiger partial charge >= 0.3 is 5.97 Å². The van der Waals surface area contributed by atoms with Crippen molar-refractivity contribution < 1.29 is 13.9 Å².